The summed E-state index contributed by atoms with van der Waals surface area (Å²) in [6.07, 6.45) is 1.90. The van der Waals surface area contributed by atoms with E-state index >= 15 is 0 Å². The fourth-order valence-corrected chi connectivity index (χ4v) is 6.17. The Morgan fingerprint density at radius 1 is 0.688 bits per heavy atom. The second kappa shape index (κ2) is 12.1. The minimum atomic E-state index is -0.102. The maximum atomic E-state index is 6.65. The van der Waals surface area contributed by atoms with Crippen LogP contribution >= 0.6 is 0 Å². The zero-order valence-corrected chi connectivity index (χ0v) is 31.5. The van der Waals surface area contributed by atoms with Crippen molar-refractivity contribution < 1.29 is 25.8 Å². The number of para-hydroxylation sites is 1. The number of aromatic nitrogens is 2. The van der Waals surface area contributed by atoms with Crippen LogP contribution in [0, 0.1) is 18.8 Å². The molecule has 6 aromatic rings. The van der Waals surface area contributed by atoms with Crippen LogP contribution in [0.1, 0.15) is 79.0 Å². The van der Waals surface area contributed by atoms with Crippen LogP contribution in [0.2, 0.25) is 0 Å². The number of benzene rings is 4. The summed E-state index contributed by atoms with van der Waals surface area (Å²) in [7, 11) is 0. The molecule has 0 bridgehead atoms. The molecular weight excluding hydrogens is 772 g/mol. The molecule has 0 unspecified atom stereocenters. The van der Waals surface area contributed by atoms with Crippen molar-refractivity contribution >= 4 is 38.9 Å². The van der Waals surface area contributed by atoms with E-state index in [0.717, 1.165) is 50.2 Å². The SMILES string of the molecule is CC(C)(C)c1cc(Oc2[c-]c3c(cc2)c2ccccc2n3-c2cc(C(C)(C)C)ccn2)[c-]c(N2[CH-]Nc3ccc(C(C)(C)C)cc32)c1.[Pt]. The molecule has 0 radical (unpaired) electrons. The third-order valence-corrected chi connectivity index (χ3v) is 9.05. The molecule has 0 fully saturated rings. The normalized spacial score (nSPS) is 13.4. The molecule has 0 spiro atoms. The van der Waals surface area contributed by atoms with Gasteiger partial charge in [0.15, 0.2) is 0 Å². The number of anilines is 3. The topological polar surface area (TPSA) is 42.3 Å². The van der Waals surface area contributed by atoms with Crippen molar-refractivity contribution in [1.82, 2.24) is 9.55 Å². The second-order valence-corrected chi connectivity index (χ2v) is 15.7. The van der Waals surface area contributed by atoms with Gasteiger partial charge in [-0.1, -0.05) is 92.1 Å². The van der Waals surface area contributed by atoms with Crippen LogP contribution in [-0.4, -0.2) is 9.55 Å². The van der Waals surface area contributed by atoms with Crippen molar-refractivity contribution in [3.8, 4) is 17.3 Å². The van der Waals surface area contributed by atoms with Crippen molar-refractivity contribution in [1.29, 1.82) is 0 Å². The van der Waals surface area contributed by atoms with E-state index in [-0.39, 0.29) is 37.3 Å². The Labute approximate surface area is 299 Å². The molecule has 0 amide bonds. The Kier molecular flexibility index (Phi) is 8.53. The number of nitrogens with zero attached hydrogens (tertiary/aromatic N) is 3. The van der Waals surface area contributed by atoms with Gasteiger partial charge in [-0.25, -0.2) is 4.98 Å². The number of nitrogens with one attached hydrogen (secondary N) is 1. The van der Waals surface area contributed by atoms with E-state index in [1.54, 1.807) is 0 Å². The van der Waals surface area contributed by atoms with Gasteiger partial charge in [-0.2, -0.15) is 12.7 Å². The maximum absolute atomic E-state index is 6.65. The molecule has 0 saturated heterocycles. The van der Waals surface area contributed by atoms with Gasteiger partial charge in [0.1, 0.15) is 5.82 Å². The predicted molar refractivity (Wildman–Crippen MR) is 195 cm³/mol. The zero-order chi connectivity index (χ0) is 33.3. The third-order valence-electron chi connectivity index (χ3n) is 9.05. The summed E-state index contributed by atoms with van der Waals surface area (Å²) in [6, 6.07) is 35.0. The summed E-state index contributed by atoms with van der Waals surface area (Å²) in [4.78, 5) is 7.00. The molecule has 5 nitrogen and oxygen atoms in total. The number of rotatable bonds is 4. The Balaban J connectivity index is 0.00000401. The van der Waals surface area contributed by atoms with E-state index in [0.29, 0.717) is 11.5 Å². The van der Waals surface area contributed by atoms with Crippen LogP contribution in [0.3, 0.4) is 0 Å². The minimum absolute atomic E-state index is 0. The van der Waals surface area contributed by atoms with Crippen molar-refractivity contribution in [2.75, 3.05) is 10.2 Å². The molecule has 1 aliphatic heterocycles. The van der Waals surface area contributed by atoms with E-state index in [1.807, 2.05) is 18.9 Å². The van der Waals surface area contributed by atoms with Crippen LogP contribution in [0.15, 0.2) is 85.1 Å². The van der Waals surface area contributed by atoms with Gasteiger partial charge in [-0.15, -0.1) is 47.0 Å². The average Bonchev–Trinajstić information content (AvgIpc) is 3.58. The smallest absolute Gasteiger partial charge is 0.135 e. The van der Waals surface area contributed by atoms with Crippen LogP contribution < -0.4 is 15.0 Å². The summed E-state index contributed by atoms with van der Waals surface area (Å²) in [5.74, 6) is 2.14. The second-order valence-electron chi connectivity index (χ2n) is 15.7. The standard InChI is InChI=1S/C42H43N4O.Pt/c1-40(2,3)27-14-17-35-38(22-27)45(26-44-35)30-20-29(42(7,8)9)21-32(24-30)47-31-15-16-34-33-12-10-11-13-36(33)46(37(34)25-31)39-23-28(18-19-43-39)41(4,5)6;/h10-23,26,44H,1-9H3;/q-3;. The van der Waals surface area contributed by atoms with Gasteiger partial charge in [0.25, 0.3) is 0 Å². The molecule has 1 aliphatic rings. The van der Waals surface area contributed by atoms with Crippen LogP contribution in [0.5, 0.6) is 11.5 Å². The van der Waals surface area contributed by atoms with Crippen LogP contribution in [-0.2, 0) is 37.3 Å². The number of hydrogen-bond acceptors (Lipinski definition) is 4. The van der Waals surface area contributed by atoms with E-state index in [1.165, 1.54) is 11.1 Å². The first kappa shape index (κ1) is 33.8. The van der Waals surface area contributed by atoms with Gasteiger partial charge < -0.3 is 19.5 Å². The number of ether oxygens (including phenoxy) is 1. The molecule has 1 N–H and O–H groups in total. The Bertz CT molecular complexity index is 2140. The van der Waals surface area contributed by atoms with E-state index in [9.17, 15) is 0 Å². The number of hydrogen-bond donors (Lipinski definition) is 1. The van der Waals surface area contributed by atoms with E-state index in [4.69, 9.17) is 9.72 Å². The Morgan fingerprint density at radius 2 is 1.40 bits per heavy atom. The van der Waals surface area contributed by atoms with E-state index in [2.05, 4.69) is 162 Å². The summed E-state index contributed by atoms with van der Waals surface area (Å²) in [6.45, 7) is 22.1. The quantitative estimate of drug-likeness (QED) is 0.180. The summed E-state index contributed by atoms with van der Waals surface area (Å²) in [5, 5.41) is 5.71. The molecule has 3 heterocycles. The zero-order valence-electron chi connectivity index (χ0n) is 29.2. The number of fused-ring (bicyclic) bond motifs is 4. The van der Waals surface area contributed by atoms with Gasteiger partial charge in [0.05, 0.1) is 0 Å². The maximum Gasteiger partial charge on any atom is 0.135 e. The van der Waals surface area contributed by atoms with Crippen molar-refractivity contribution in [2.45, 2.75) is 78.6 Å². The van der Waals surface area contributed by atoms with Crippen LogP contribution in [0.4, 0.5) is 17.1 Å². The average molecular weight is 815 g/mol. The molecule has 2 aromatic heterocycles. The molecule has 250 valence electrons. The van der Waals surface area contributed by atoms with Gasteiger partial charge in [0.2, 0.25) is 0 Å². The third kappa shape index (κ3) is 6.26. The summed E-state index contributed by atoms with van der Waals surface area (Å²) < 4.78 is 8.84. The fraction of sp³-hybridized carbons (Fsp3) is 0.286. The predicted octanol–water partition coefficient (Wildman–Crippen LogP) is 11.1. The first-order chi connectivity index (χ1) is 22.2. The monoisotopic (exact) mass is 814 g/mol. The first-order valence-electron chi connectivity index (χ1n) is 16.4. The largest absolute Gasteiger partial charge is 0.514 e. The number of pyridine rings is 1. The minimum Gasteiger partial charge on any atom is -0.514 e. The van der Waals surface area contributed by atoms with Gasteiger partial charge in [-0.05, 0) is 63.1 Å². The Hall–Kier alpha value is -4.08. The van der Waals surface area contributed by atoms with Crippen molar-refractivity contribution in [2.24, 2.45) is 0 Å². The molecule has 6 heteroatoms. The first-order valence-corrected chi connectivity index (χ1v) is 16.4. The summed E-state index contributed by atoms with van der Waals surface area (Å²) >= 11 is 0. The van der Waals surface area contributed by atoms with Crippen molar-refractivity contribution in [3.63, 3.8) is 0 Å². The van der Waals surface area contributed by atoms with Gasteiger partial charge >= 0.3 is 0 Å². The molecule has 7 rings (SSSR count). The fourth-order valence-electron chi connectivity index (χ4n) is 6.17. The van der Waals surface area contributed by atoms with Gasteiger partial charge in [-0.3, -0.25) is 0 Å². The molecule has 0 saturated carbocycles. The van der Waals surface area contributed by atoms with Gasteiger partial charge in [0, 0.05) is 55.7 Å². The van der Waals surface area contributed by atoms with Crippen molar-refractivity contribution in [3.05, 3.63) is 121 Å². The molecule has 0 atom stereocenters. The molecular formula is C42H43N4OPt-3. The molecule has 48 heavy (non-hydrogen) atoms. The Morgan fingerprint density at radius 3 is 2.12 bits per heavy atom. The van der Waals surface area contributed by atoms with Crippen LogP contribution in [0.25, 0.3) is 27.6 Å². The van der Waals surface area contributed by atoms with E-state index < -0.39 is 0 Å². The molecule has 4 aromatic carbocycles. The summed E-state index contributed by atoms with van der Waals surface area (Å²) in [5.41, 5.74) is 8.71. The molecule has 0 aliphatic carbocycles.